The summed E-state index contributed by atoms with van der Waals surface area (Å²) in [6.45, 7) is 0. The van der Waals surface area contributed by atoms with Crippen molar-refractivity contribution in [1.82, 2.24) is 0 Å². The predicted molar refractivity (Wildman–Crippen MR) is 70.6 cm³/mol. The van der Waals surface area contributed by atoms with Gasteiger partial charge < -0.3 is 11.1 Å². The molecule has 0 atom stereocenters. The molecule has 3 N–H and O–H groups in total. The number of carbonyl (C=O) groups is 1. The highest BCUT2D eigenvalue weighted by atomic mass is 19.1. The quantitative estimate of drug-likeness (QED) is 0.637. The highest BCUT2D eigenvalue weighted by Crippen LogP contribution is 2.27. The van der Waals surface area contributed by atoms with Gasteiger partial charge in [0.15, 0.2) is 5.82 Å². The summed E-state index contributed by atoms with van der Waals surface area (Å²) in [6.07, 6.45) is 5.93. The molecule has 19 heavy (non-hydrogen) atoms. The lowest BCUT2D eigenvalue weighted by Gasteiger charge is -2.15. The summed E-state index contributed by atoms with van der Waals surface area (Å²) in [6, 6.07) is 1.73. The molecule has 1 fully saturated rings. The highest BCUT2D eigenvalue weighted by molar-refractivity contribution is 5.95. The SMILES string of the molecule is Nc1cc(F)cc(F)c1NC(=O)C1CCCCCC1. The van der Waals surface area contributed by atoms with Crippen molar-refractivity contribution in [3.05, 3.63) is 23.8 Å². The van der Waals surface area contributed by atoms with Gasteiger partial charge in [0.25, 0.3) is 0 Å². The third-order valence-electron chi connectivity index (χ3n) is 3.56. The van der Waals surface area contributed by atoms with Gasteiger partial charge in [0.1, 0.15) is 11.5 Å². The van der Waals surface area contributed by atoms with E-state index in [1.54, 1.807) is 0 Å². The highest BCUT2D eigenvalue weighted by Gasteiger charge is 2.22. The number of halogens is 2. The third-order valence-corrected chi connectivity index (χ3v) is 3.56. The number of amides is 1. The number of carbonyl (C=O) groups excluding carboxylic acids is 1. The van der Waals surface area contributed by atoms with Crippen LogP contribution < -0.4 is 11.1 Å². The van der Waals surface area contributed by atoms with Gasteiger partial charge in [-0.3, -0.25) is 4.79 Å². The maximum atomic E-state index is 13.6. The normalized spacial score (nSPS) is 16.9. The summed E-state index contributed by atoms with van der Waals surface area (Å²) >= 11 is 0. The average molecular weight is 268 g/mol. The minimum absolute atomic E-state index is 0.0838. The van der Waals surface area contributed by atoms with E-state index in [0.29, 0.717) is 0 Å². The van der Waals surface area contributed by atoms with Gasteiger partial charge in [-0.2, -0.15) is 0 Å². The molecule has 3 nitrogen and oxygen atoms in total. The van der Waals surface area contributed by atoms with Crippen LogP contribution in [0.25, 0.3) is 0 Å². The lowest BCUT2D eigenvalue weighted by molar-refractivity contribution is -0.120. The second kappa shape index (κ2) is 5.99. The second-order valence-corrected chi connectivity index (χ2v) is 5.03. The third kappa shape index (κ3) is 3.43. The van der Waals surface area contributed by atoms with E-state index in [2.05, 4.69) is 5.32 Å². The Kier molecular flexibility index (Phi) is 4.35. The molecule has 1 aromatic carbocycles. The molecule has 0 aliphatic heterocycles. The van der Waals surface area contributed by atoms with E-state index in [9.17, 15) is 13.6 Å². The van der Waals surface area contributed by atoms with Crippen molar-refractivity contribution in [3.63, 3.8) is 0 Å². The van der Waals surface area contributed by atoms with Gasteiger partial charge in [0, 0.05) is 12.0 Å². The molecule has 1 aliphatic rings. The largest absolute Gasteiger partial charge is 0.397 e. The number of anilines is 2. The topological polar surface area (TPSA) is 55.1 Å². The van der Waals surface area contributed by atoms with Crippen LogP contribution in [0.5, 0.6) is 0 Å². The van der Waals surface area contributed by atoms with Crippen LogP contribution in [-0.4, -0.2) is 5.91 Å². The predicted octanol–water partition coefficient (Wildman–Crippen LogP) is 3.46. The first kappa shape index (κ1) is 13.8. The van der Waals surface area contributed by atoms with E-state index >= 15 is 0 Å². The fraction of sp³-hybridized carbons (Fsp3) is 0.500. The summed E-state index contributed by atoms with van der Waals surface area (Å²) in [5.74, 6) is -1.91. The minimum Gasteiger partial charge on any atom is -0.397 e. The lowest BCUT2D eigenvalue weighted by atomic mass is 9.99. The monoisotopic (exact) mass is 268 g/mol. The van der Waals surface area contributed by atoms with E-state index < -0.39 is 11.6 Å². The molecule has 0 heterocycles. The van der Waals surface area contributed by atoms with Crippen LogP contribution in [0, 0.1) is 17.6 Å². The number of hydrogen-bond acceptors (Lipinski definition) is 2. The van der Waals surface area contributed by atoms with Crippen LogP contribution in [0.1, 0.15) is 38.5 Å². The summed E-state index contributed by atoms with van der Waals surface area (Å²) in [7, 11) is 0. The molecule has 0 unspecified atom stereocenters. The number of nitrogens with one attached hydrogen (secondary N) is 1. The van der Waals surface area contributed by atoms with Crippen molar-refractivity contribution in [1.29, 1.82) is 0 Å². The molecule has 1 aliphatic carbocycles. The zero-order valence-electron chi connectivity index (χ0n) is 10.7. The number of rotatable bonds is 2. The minimum atomic E-state index is -0.834. The molecule has 0 spiro atoms. The molecule has 2 rings (SSSR count). The van der Waals surface area contributed by atoms with Gasteiger partial charge >= 0.3 is 0 Å². The number of hydrogen-bond donors (Lipinski definition) is 2. The standard InChI is InChI=1S/C14H18F2N2O/c15-10-7-11(16)13(12(17)8-10)18-14(19)9-5-3-1-2-4-6-9/h7-9H,1-6,17H2,(H,18,19). The molecule has 1 saturated carbocycles. The number of benzene rings is 1. The van der Waals surface area contributed by atoms with Gasteiger partial charge in [-0.1, -0.05) is 25.7 Å². The molecule has 104 valence electrons. The van der Waals surface area contributed by atoms with Crippen molar-refractivity contribution in [2.24, 2.45) is 5.92 Å². The van der Waals surface area contributed by atoms with Crippen LogP contribution >= 0.6 is 0 Å². The summed E-state index contributed by atoms with van der Waals surface area (Å²) in [5, 5.41) is 2.50. The van der Waals surface area contributed by atoms with Crippen molar-refractivity contribution in [2.75, 3.05) is 11.1 Å². The molecule has 0 saturated heterocycles. The van der Waals surface area contributed by atoms with E-state index in [1.807, 2.05) is 0 Å². The zero-order chi connectivity index (χ0) is 13.8. The lowest BCUT2D eigenvalue weighted by Crippen LogP contribution is -2.23. The van der Waals surface area contributed by atoms with Gasteiger partial charge in [0.05, 0.1) is 5.69 Å². The van der Waals surface area contributed by atoms with Gasteiger partial charge in [-0.25, -0.2) is 8.78 Å². The number of nitrogens with two attached hydrogens (primary N) is 1. The summed E-state index contributed by atoms with van der Waals surface area (Å²) in [4.78, 5) is 12.1. The molecular formula is C14H18F2N2O. The van der Waals surface area contributed by atoms with Crippen LogP contribution in [0.3, 0.4) is 0 Å². The van der Waals surface area contributed by atoms with Crippen LogP contribution in [0.2, 0.25) is 0 Å². The van der Waals surface area contributed by atoms with Crippen molar-refractivity contribution in [2.45, 2.75) is 38.5 Å². The first-order chi connectivity index (χ1) is 9.08. The van der Waals surface area contributed by atoms with E-state index in [-0.39, 0.29) is 23.2 Å². The van der Waals surface area contributed by atoms with Crippen LogP contribution in [-0.2, 0) is 4.79 Å². The van der Waals surface area contributed by atoms with Crippen LogP contribution in [0.4, 0.5) is 20.2 Å². The molecule has 1 amide bonds. The summed E-state index contributed by atoms with van der Waals surface area (Å²) < 4.78 is 26.5. The van der Waals surface area contributed by atoms with E-state index in [0.717, 1.165) is 50.7 Å². The zero-order valence-corrected chi connectivity index (χ0v) is 10.7. The maximum Gasteiger partial charge on any atom is 0.227 e. The Morgan fingerprint density at radius 1 is 1.16 bits per heavy atom. The Balaban J connectivity index is 2.10. The molecular weight excluding hydrogens is 250 g/mol. The fourth-order valence-corrected chi connectivity index (χ4v) is 2.49. The molecule has 0 bridgehead atoms. The number of nitrogen functional groups attached to an aromatic ring is 1. The van der Waals surface area contributed by atoms with E-state index in [1.165, 1.54) is 0 Å². The summed E-state index contributed by atoms with van der Waals surface area (Å²) in [5.41, 5.74) is 5.34. The van der Waals surface area contributed by atoms with Gasteiger partial charge in [-0.15, -0.1) is 0 Å². The van der Waals surface area contributed by atoms with Crippen molar-refractivity contribution in [3.8, 4) is 0 Å². The van der Waals surface area contributed by atoms with Gasteiger partial charge in [0.2, 0.25) is 5.91 Å². The Morgan fingerprint density at radius 3 is 2.37 bits per heavy atom. The smallest absolute Gasteiger partial charge is 0.227 e. The first-order valence-electron chi connectivity index (χ1n) is 6.63. The van der Waals surface area contributed by atoms with E-state index in [4.69, 9.17) is 5.73 Å². The van der Waals surface area contributed by atoms with Crippen LogP contribution in [0.15, 0.2) is 12.1 Å². The molecule has 0 aromatic heterocycles. The molecule has 1 aromatic rings. The maximum absolute atomic E-state index is 13.6. The van der Waals surface area contributed by atoms with Crippen molar-refractivity contribution >= 4 is 17.3 Å². The Bertz CT molecular complexity index is 446. The second-order valence-electron chi connectivity index (χ2n) is 5.03. The van der Waals surface area contributed by atoms with Gasteiger partial charge in [-0.05, 0) is 18.9 Å². The fourth-order valence-electron chi connectivity index (χ4n) is 2.49. The Hall–Kier alpha value is -1.65. The Labute approximate surface area is 111 Å². The molecule has 5 heteroatoms. The first-order valence-corrected chi connectivity index (χ1v) is 6.63. The van der Waals surface area contributed by atoms with Crippen molar-refractivity contribution < 1.29 is 13.6 Å². The molecule has 0 radical (unpaired) electrons. The average Bonchev–Trinajstić information content (AvgIpc) is 2.62. The Morgan fingerprint density at radius 2 is 1.79 bits per heavy atom.